The first-order valence-corrected chi connectivity index (χ1v) is 12.2. The van der Waals surface area contributed by atoms with Gasteiger partial charge >= 0.3 is 6.18 Å². The van der Waals surface area contributed by atoms with Gasteiger partial charge in [0.1, 0.15) is 5.69 Å². The Morgan fingerprint density at radius 1 is 0.941 bits per heavy atom. The highest BCUT2D eigenvalue weighted by Crippen LogP contribution is 2.27. The normalized spacial score (nSPS) is 11.8. The number of aromatic nitrogens is 1. The zero-order chi connectivity index (χ0) is 24.9. The first-order valence-electron chi connectivity index (χ1n) is 9.77. The number of benzene rings is 2. The second kappa shape index (κ2) is 10.6. The van der Waals surface area contributed by atoms with Crippen molar-refractivity contribution in [3.8, 4) is 0 Å². The Bertz CT molecular complexity index is 1250. The number of anilines is 1. The molecule has 0 bridgehead atoms. The van der Waals surface area contributed by atoms with E-state index in [9.17, 15) is 26.4 Å². The molecule has 2 aromatic carbocycles. The molecule has 1 heterocycles. The molecular formula is C22H18Cl2F3N3O3S. The maximum atomic E-state index is 12.6. The highest BCUT2D eigenvalue weighted by atomic mass is 35.5. The molecule has 180 valence electrons. The topological polar surface area (TPSA) is 88.2 Å². The lowest BCUT2D eigenvalue weighted by molar-refractivity contribution is -0.141. The summed E-state index contributed by atoms with van der Waals surface area (Å²) < 4.78 is 64.8. The number of nitrogens with one attached hydrogen (secondary N) is 2. The molecular weight excluding hydrogens is 514 g/mol. The summed E-state index contributed by atoms with van der Waals surface area (Å²) >= 11 is 11.8. The molecule has 12 heteroatoms. The quantitative estimate of drug-likeness (QED) is 0.411. The standard InChI is InChI=1S/C22H18Cl2F3N3O3S/c23-17-9-14(10-18(24)11-17)7-8-34(32,33)30-19-4-2-16(3-5-19)21(31)29-13-15-1-6-20(28-12-15)22(25,26)27/h1-6,9-12,30H,7-8,13H2,(H,29,31). The number of carbonyl (C=O) groups is 1. The Morgan fingerprint density at radius 3 is 2.15 bits per heavy atom. The molecule has 0 radical (unpaired) electrons. The first kappa shape index (κ1) is 25.8. The van der Waals surface area contributed by atoms with E-state index in [0.717, 1.165) is 12.3 Å². The maximum absolute atomic E-state index is 12.6. The summed E-state index contributed by atoms with van der Waals surface area (Å²) in [6, 6.07) is 12.6. The number of nitrogens with zero attached hydrogens (tertiary/aromatic N) is 1. The summed E-state index contributed by atoms with van der Waals surface area (Å²) in [5, 5.41) is 3.39. The lowest BCUT2D eigenvalue weighted by Crippen LogP contribution is -2.23. The number of carbonyl (C=O) groups excluding carboxylic acids is 1. The third-order valence-corrected chi connectivity index (χ3v) is 6.30. The molecule has 0 aliphatic rings. The zero-order valence-corrected chi connectivity index (χ0v) is 19.7. The molecule has 3 aromatic rings. The molecule has 0 atom stereocenters. The lowest BCUT2D eigenvalue weighted by Gasteiger charge is -2.10. The molecule has 6 nitrogen and oxygen atoms in total. The van der Waals surface area contributed by atoms with Gasteiger partial charge in [-0.25, -0.2) is 8.42 Å². The van der Waals surface area contributed by atoms with E-state index in [0.29, 0.717) is 21.2 Å². The van der Waals surface area contributed by atoms with Gasteiger partial charge < -0.3 is 5.32 Å². The van der Waals surface area contributed by atoms with Crippen LogP contribution in [0.5, 0.6) is 0 Å². The van der Waals surface area contributed by atoms with Crippen LogP contribution in [0.3, 0.4) is 0 Å². The molecule has 0 aliphatic heterocycles. The van der Waals surface area contributed by atoms with Crippen molar-refractivity contribution >= 4 is 44.8 Å². The highest BCUT2D eigenvalue weighted by Gasteiger charge is 2.32. The van der Waals surface area contributed by atoms with Gasteiger partial charge in [0.05, 0.1) is 5.75 Å². The van der Waals surface area contributed by atoms with Crippen LogP contribution < -0.4 is 10.0 Å². The van der Waals surface area contributed by atoms with E-state index in [4.69, 9.17) is 23.2 Å². The smallest absolute Gasteiger partial charge is 0.348 e. The molecule has 3 rings (SSSR count). The second-order valence-corrected chi connectivity index (χ2v) is 9.97. The van der Waals surface area contributed by atoms with Gasteiger partial charge in [-0.05, 0) is 66.1 Å². The van der Waals surface area contributed by atoms with Crippen molar-refractivity contribution in [1.82, 2.24) is 10.3 Å². The summed E-state index contributed by atoms with van der Waals surface area (Å²) in [7, 11) is -3.68. The van der Waals surface area contributed by atoms with Crippen LogP contribution in [0.15, 0.2) is 60.8 Å². The molecule has 0 fully saturated rings. The summed E-state index contributed by atoms with van der Waals surface area (Å²) in [5.41, 5.74) is 0.575. The number of sulfonamides is 1. The van der Waals surface area contributed by atoms with E-state index >= 15 is 0 Å². The van der Waals surface area contributed by atoms with Gasteiger partial charge in [-0.2, -0.15) is 13.2 Å². The van der Waals surface area contributed by atoms with Crippen molar-refractivity contribution in [2.24, 2.45) is 0 Å². The van der Waals surface area contributed by atoms with Gasteiger partial charge in [-0.3, -0.25) is 14.5 Å². The van der Waals surface area contributed by atoms with Crippen LogP contribution in [-0.4, -0.2) is 25.1 Å². The third kappa shape index (κ3) is 7.61. The largest absolute Gasteiger partial charge is 0.433 e. The number of halogens is 5. The summed E-state index contributed by atoms with van der Waals surface area (Å²) in [6.45, 7) is -0.0220. The van der Waals surface area contributed by atoms with Gasteiger partial charge in [-0.15, -0.1) is 0 Å². The maximum Gasteiger partial charge on any atom is 0.433 e. The Morgan fingerprint density at radius 2 is 1.59 bits per heavy atom. The average molecular weight is 532 g/mol. The number of pyridine rings is 1. The molecule has 0 aliphatic carbocycles. The Kier molecular flexibility index (Phi) is 8.06. The fraction of sp³-hybridized carbons (Fsp3) is 0.182. The van der Waals surface area contributed by atoms with Gasteiger partial charge in [0.2, 0.25) is 10.0 Å². The van der Waals surface area contributed by atoms with E-state index in [2.05, 4.69) is 15.0 Å². The Balaban J connectivity index is 1.53. The van der Waals surface area contributed by atoms with Crippen LogP contribution in [-0.2, 0) is 29.2 Å². The molecule has 34 heavy (non-hydrogen) atoms. The highest BCUT2D eigenvalue weighted by molar-refractivity contribution is 7.92. The number of aryl methyl sites for hydroxylation is 1. The van der Waals surface area contributed by atoms with Crippen LogP contribution in [0.25, 0.3) is 0 Å². The van der Waals surface area contributed by atoms with Crippen LogP contribution in [0.4, 0.5) is 18.9 Å². The Hall–Kier alpha value is -2.82. The van der Waals surface area contributed by atoms with Crippen LogP contribution in [0.1, 0.15) is 27.2 Å². The van der Waals surface area contributed by atoms with Crippen LogP contribution >= 0.6 is 23.2 Å². The minimum atomic E-state index is -4.53. The number of amides is 1. The molecule has 0 saturated heterocycles. The van der Waals surface area contributed by atoms with Crippen LogP contribution in [0, 0.1) is 0 Å². The van der Waals surface area contributed by atoms with E-state index in [1.54, 1.807) is 18.2 Å². The van der Waals surface area contributed by atoms with Gasteiger partial charge in [0, 0.05) is 34.0 Å². The van der Waals surface area contributed by atoms with Crippen molar-refractivity contribution in [3.63, 3.8) is 0 Å². The monoisotopic (exact) mass is 531 g/mol. The van der Waals surface area contributed by atoms with Gasteiger partial charge in [-0.1, -0.05) is 29.3 Å². The summed E-state index contributed by atoms with van der Waals surface area (Å²) in [6.07, 6.45) is -3.29. The van der Waals surface area contributed by atoms with E-state index < -0.39 is 27.8 Å². The van der Waals surface area contributed by atoms with E-state index in [-0.39, 0.29) is 30.0 Å². The first-order chi connectivity index (χ1) is 15.9. The van der Waals surface area contributed by atoms with Crippen molar-refractivity contribution in [2.75, 3.05) is 10.5 Å². The van der Waals surface area contributed by atoms with Crippen molar-refractivity contribution in [1.29, 1.82) is 0 Å². The average Bonchev–Trinajstić information content (AvgIpc) is 2.75. The summed E-state index contributed by atoms with van der Waals surface area (Å²) in [5.74, 6) is -0.681. The minimum Gasteiger partial charge on any atom is -0.348 e. The molecule has 1 amide bonds. The number of alkyl halides is 3. The third-order valence-electron chi connectivity index (χ3n) is 4.57. The lowest BCUT2D eigenvalue weighted by atomic mass is 10.2. The zero-order valence-electron chi connectivity index (χ0n) is 17.4. The van der Waals surface area contributed by atoms with Crippen molar-refractivity contribution in [3.05, 3.63) is 93.2 Å². The fourth-order valence-electron chi connectivity index (χ4n) is 2.91. The number of hydrogen-bond acceptors (Lipinski definition) is 4. The molecule has 1 aromatic heterocycles. The SMILES string of the molecule is O=C(NCc1ccc(C(F)(F)F)nc1)c1ccc(NS(=O)(=O)CCc2cc(Cl)cc(Cl)c2)cc1. The Labute approximate surface area is 204 Å². The van der Waals surface area contributed by atoms with Gasteiger partial charge in [0.25, 0.3) is 5.91 Å². The predicted molar refractivity (Wildman–Crippen MR) is 124 cm³/mol. The number of hydrogen-bond donors (Lipinski definition) is 2. The minimum absolute atomic E-state index is 0.0220. The second-order valence-electron chi connectivity index (χ2n) is 7.26. The van der Waals surface area contributed by atoms with Crippen molar-refractivity contribution in [2.45, 2.75) is 19.1 Å². The fourth-order valence-corrected chi connectivity index (χ4v) is 4.58. The number of rotatable bonds is 8. The van der Waals surface area contributed by atoms with E-state index in [1.165, 1.54) is 30.3 Å². The molecule has 0 saturated carbocycles. The molecule has 0 unspecified atom stereocenters. The van der Waals surface area contributed by atoms with Crippen molar-refractivity contribution < 1.29 is 26.4 Å². The van der Waals surface area contributed by atoms with Gasteiger partial charge in [0.15, 0.2) is 0 Å². The predicted octanol–water partition coefficient (Wildman–Crippen LogP) is 5.32. The van der Waals surface area contributed by atoms with E-state index in [1.807, 2.05) is 0 Å². The summed E-state index contributed by atoms with van der Waals surface area (Å²) in [4.78, 5) is 15.6. The molecule has 2 N–H and O–H groups in total. The van der Waals surface area contributed by atoms with Crippen LogP contribution in [0.2, 0.25) is 10.0 Å². The molecule has 0 spiro atoms.